The second kappa shape index (κ2) is 8.72. The Bertz CT molecular complexity index is 678. The van der Waals surface area contributed by atoms with Crippen molar-refractivity contribution in [2.75, 3.05) is 32.7 Å². The third-order valence-corrected chi connectivity index (χ3v) is 10.0. The summed E-state index contributed by atoms with van der Waals surface area (Å²) >= 11 is 0. The molecule has 0 bridgehead atoms. The minimum absolute atomic E-state index is 0.265. The van der Waals surface area contributed by atoms with Gasteiger partial charge in [-0.25, -0.2) is 0 Å². The lowest BCUT2D eigenvalue weighted by atomic mass is 9.64. The standard InChI is InChI=1S/C27H45N3O/c1-19-16-22(8-9-24(19)23-17-21-6-4-5-7-25(21)28-18-23)26(31)30-14-12-29(13-15-30)20(2)27(3)10-11-27/h19,21-25,28H,2,4-18H2,1,3H3. The van der Waals surface area contributed by atoms with Crippen LogP contribution in [-0.4, -0.2) is 54.5 Å². The molecule has 2 aliphatic heterocycles. The molecule has 0 radical (unpaired) electrons. The van der Waals surface area contributed by atoms with Gasteiger partial charge in [0.25, 0.3) is 0 Å². The zero-order valence-electron chi connectivity index (χ0n) is 20.1. The number of carbonyl (C=O) groups is 1. The first-order chi connectivity index (χ1) is 14.9. The van der Waals surface area contributed by atoms with Crippen molar-refractivity contribution in [3.05, 3.63) is 12.3 Å². The van der Waals surface area contributed by atoms with E-state index >= 15 is 0 Å². The lowest BCUT2D eigenvalue weighted by Crippen LogP contribution is -2.52. The Labute approximate surface area is 190 Å². The quantitative estimate of drug-likeness (QED) is 0.708. The number of allylic oxidation sites excluding steroid dienone is 1. The second-order valence-electron chi connectivity index (χ2n) is 12.0. The van der Waals surface area contributed by atoms with Gasteiger partial charge in [0.05, 0.1) is 0 Å². The molecular weight excluding hydrogens is 382 g/mol. The van der Waals surface area contributed by atoms with Crippen LogP contribution in [0.4, 0.5) is 0 Å². The van der Waals surface area contributed by atoms with Crippen LogP contribution in [-0.2, 0) is 4.79 Å². The van der Waals surface area contributed by atoms with Crippen molar-refractivity contribution >= 4 is 5.91 Å². The van der Waals surface area contributed by atoms with Crippen LogP contribution >= 0.6 is 0 Å². The van der Waals surface area contributed by atoms with Gasteiger partial charge >= 0.3 is 0 Å². The normalized spacial score (nSPS) is 40.2. The third-order valence-electron chi connectivity index (χ3n) is 10.0. The molecule has 3 aliphatic carbocycles. The van der Waals surface area contributed by atoms with Gasteiger partial charge in [-0.2, -0.15) is 0 Å². The summed E-state index contributed by atoms with van der Waals surface area (Å²) in [7, 11) is 0. The highest BCUT2D eigenvalue weighted by atomic mass is 16.2. The lowest BCUT2D eigenvalue weighted by molar-refractivity contribution is -0.139. The maximum Gasteiger partial charge on any atom is 0.225 e. The molecule has 4 heteroatoms. The molecule has 0 aromatic rings. The van der Waals surface area contributed by atoms with Crippen LogP contribution in [0, 0.1) is 35.0 Å². The van der Waals surface area contributed by atoms with E-state index < -0.39 is 0 Å². The predicted octanol–water partition coefficient (Wildman–Crippen LogP) is 4.67. The Morgan fingerprint density at radius 2 is 1.65 bits per heavy atom. The molecule has 5 fully saturated rings. The smallest absolute Gasteiger partial charge is 0.225 e. The van der Waals surface area contributed by atoms with Crippen LogP contribution in [0.15, 0.2) is 12.3 Å². The van der Waals surface area contributed by atoms with Crippen molar-refractivity contribution in [2.24, 2.45) is 35.0 Å². The fraction of sp³-hybridized carbons (Fsp3) is 0.889. The summed E-state index contributed by atoms with van der Waals surface area (Å²) in [5.41, 5.74) is 1.67. The van der Waals surface area contributed by atoms with E-state index in [0.717, 1.165) is 62.8 Å². The monoisotopic (exact) mass is 427 g/mol. The largest absolute Gasteiger partial charge is 0.371 e. The van der Waals surface area contributed by atoms with Gasteiger partial charge in [-0.3, -0.25) is 4.79 Å². The Kier molecular flexibility index (Phi) is 6.13. The van der Waals surface area contributed by atoms with E-state index in [1.54, 1.807) is 0 Å². The van der Waals surface area contributed by atoms with E-state index in [1.165, 1.54) is 63.6 Å². The highest BCUT2D eigenvalue weighted by Gasteiger charge is 2.44. The van der Waals surface area contributed by atoms with E-state index in [0.29, 0.717) is 17.2 Å². The molecule has 4 nitrogen and oxygen atoms in total. The van der Waals surface area contributed by atoms with Crippen LogP contribution in [0.3, 0.4) is 0 Å². The second-order valence-corrected chi connectivity index (χ2v) is 12.0. The topological polar surface area (TPSA) is 35.6 Å². The molecular formula is C27H45N3O. The molecule has 6 unspecified atom stereocenters. The maximum absolute atomic E-state index is 13.3. The Balaban J connectivity index is 1.10. The summed E-state index contributed by atoms with van der Waals surface area (Å²) in [4.78, 5) is 17.9. The molecule has 0 aromatic carbocycles. The van der Waals surface area contributed by atoms with Gasteiger partial charge in [-0.05, 0) is 81.6 Å². The van der Waals surface area contributed by atoms with Gasteiger partial charge in [-0.1, -0.05) is 33.3 Å². The van der Waals surface area contributed by atoms with Gasteiger partial charge in [-0.15, -0.1) is 0 Å². The fourth-order valence-corrected chi connectivity index (χ4v) is 7.52. The maximum atomic E-state index is 13.3. The molecule has 1 amide bonds. The first kappa shape index (κ1) is 21.8. The summed E-state index contributed by atoms with van der Waals surface area (Å²) in [6, 6.07) is 0.801. The summed E-state index contributed by atoms with van der Waals surface area (Å²) in [5.74, 6) is 3.97. The van der Waals surface area contributed by atoms with Gasteiger partial charge in [0, 0.05) is 49.3 Å². The summed E-state index contributed by atoms with van der Waals surface area (Å²) in [5, 5.41) is 3.92. The highest BCUT2D eigenvalue weighted by molar-refractivity contribution is 5.79. The van der Waals surface area contributed by atoms with E-state index in [9.17, 15) is 4.79 Å². The van der Waals surface area contributed by atoms with Crippen molar-refractivity contribution in [3.63, 3.8) is 0 Å². The van der Waals surface area contributed by atoms with Gasteiger partial charge in [0.15, 0.2) is 0 Å². The van der Waals surface area contributed by atoms with E-state index in [1.807, 2.05) is 0 Å². The van der Waals surface area contributed by atoms with Crippen molar-refractivity contribution in [2.45, 2.75) is 84.1 Å². The number of piperazine rings is 1. The minimum atomic E-state index is 0.265. The van der Waals surface area contributed by atoms with Gasteiger partial charge in [0.2, 0.25) is 5.91 Å². The molecule has 5 rings (SSSR count). The number of piperidine rings is 1. The van der Waals surface area contributed by atoms with Gasteiger partial charge in [0.1, 0.15) is 0 Å². The molecule has 1 N–H and O–H groups in total. The van der Waals surface area contributed by atoms with Gasteiger partial charge < -0.3 is 15.1 Å². The molecule has 5 aliphatic rings. The van der Waals surface area contributed by atoms with Crippen molar-refractivity contribution in [1.82, 2.24) is 15.1 Å². The first-order valence-electron chi connectivity index (χ1n) is 13.4. The van der Waals surface area contributed by atoms with Crippen LogP contribution in [0.25, 0.3) is 0 Å². The first-order valence-corrected chi connectivity index (χ1v) is 13.4. The number of rotatable bonds is 4. The average molecular weight is 428 g/mol. The molecule has 31 heavy (non-hydrogen) atoms. The fourth-order valence-electron chi connectivity index (χ4n) is 7.52. The number of amides is 1. The lowest BCUT2D eigenvalue weighted by Gasteiger charge is -2.46. The zero-order valence-corrected chi connectivity index (χ0v) is 20.1. The third kappa shape index (κ3) is 4.43. The molecule has 3 saturated carbocycles. The van der Waals surface area contributed by atoms with Crippen LogP contribution in [0.2, 0.25) is 0 Å². The number of hydrogen-bond donors (Lipinski definition) is 1. The number of carbonyl (C=O) groups excluding carboxylic acids is 1. The number of fused-ring (bicyclic) bond motifs is 1. The molecule has 2 saturated heterocycles. The molecule has 0 spiro atoms. The number of nitrogens with zero attached hydrogens (tertiary/aromatic N) is 2. The Hall–Kier alpha value is -1.03. The molecule has 0 aromatic heterocycles. The van der Waals surface area contributed by atoms with E-state index in [4.69, 9.17) is 0 Å². The van der Waals surface area contributed by atoms with Crippen molar-refractivity contribution in [3.8, 4) is 0 Å². The van der Waals surface area contributed by atoms with Crippen molar-refractivity contribution in [1.29, 1.82) is 0 Å². The van der Waals surface area contributed by atoms with Crippen LogP contribution in [0.5, 0.6) is 0 Å². The minimum Gasteiger partial charge on any atom is -0.371 e. The molecule has 2 heterocycles. The van der Waals surface area contributed by atoms with E-state index in [-0.39, 0.29) is 5.92 Å². The Morgan fingerprint density at radius 3 is 2.35 bits per heavy atom. The zero-order chi connectivity index (χ0) is 21.6. The summed E-state index contributed by atoms with van der Waals surface area (Å²) < 4.78 is 0. The number of hydrogen-bond acceptors (Lipinski definition) is 3. The molecule has 6 atom stereocenters. The van der Waals surface area contributed by atoms with Crippen molar-refractivity contribution < 1.29 is 4.79 Å². The van der Waals surface area contributed by atoms with Crippen LogP contribution in [0.1, 0.15) is 78.1 Å². The van der Waals surface area contributed by atoms with E-state index in [2.05, 4.69) is 35.5 Å². The Morgan fingerprint density at radius 1 is 0.935 bits per heavy atom. The van der Waals surface area contributed by atoms with Crippen LogP contribution < -0.4 is 5.32 Å². The average Bonchev–Trinajstić information content (AvgIpc) is 3.56. The summed E-state index contributed by atoms with van der Waals surface area (Å²) in [6.45, 7) is 14.1. The summed E-state index contributed by atoms with van der Waals surface area (Å²) in [6.07, 6.45) is 13.2. The highest BCUT2D eigenvalue weighted by Crippen LogP contribution is 2.51. The molecule has 174 valence electrons. The number of nitrogens with one attached hydrogen (secondary N) is 1. The predicted molar refractivity (Wildman–Crippen MR) is 126 cm³/mol. The SMILES string of the molecule is C=C(N1CCN(C(=O)C2CCC(C3CNC4CCCCC4C3)C(C)C2)CC1)C1(C)CC1.